The van der Waals surface area contributed by atoms with Crippen LogP contribution in [0.4, 0.5) is 0 Å². The smallest absolute Gasteiger partial charge is 0.333 e. The fourth-order valence-corrected chi connectivity index (χ4v) is 8.73. The first-order chi connectivity index (χ1) is 12.2. The summed E-state index contributed by atoms with van der Waals surface area (Å²) in [5.74, 6) is -1.06. The largest absolute Gasteiger partial charge is 0.481 e. The lowest BCUT2D eigenvalue weighted by molar-refractivity contribution is -0.139. The van der Waals surface area contributed by atoms with Crippen LogP contribution in [0.25, 0.3) is 0 Å². The van der Waals surface area contributed by atoms with Crippen molar-refractivity contribution < 1.29 is 29.0 Å². The fraction of sp³-hybridized carbons (Fsp3) is 0.562. The van der Waals surface area contributed by atoms with Gasteiger partial charge >= 0.3 is 17.9 Å². The van der Waals surface area contributed by atoms with Crippen LogP contribution in [-0.2, 0) is 23.9 Å². The average Bonchev–Trinajstić information content (AvgIpc) is 2.56. The number of thioether (sulfide) groups is 4. The third kappa shape index (κ3) is 9.29. The Morgan fingerprint density at radius 1 is 0.923 bits per heavy atom. The molecule has 0 aliphatic carbocycles. The SMILES string of the molecule is C=C(C)C(=O)OCC1SC(COC(=O)C(=C)C)SC(CSCC(=O)O)S1. The Balaban J connectivity index is 2.59. The Kier molecular flexibility index (Phi) is 10.7. The normalized spacial score (nSPS) is 22.3. The molecule has 0 aromatic carbocycles. The molecule has 1 aliphatic rings. The number of carboxylic acid groups (broad SMARTS) is 1. The van der Waals surface area contributed by atoms with Crippen LogP contribution in [0.1, 0.15) is 13.8 Å². The van der Waals surface area contributed by atoms with Gasteiger partial charge in [0.1, 0.15) is 13.2 Å². The Morgan fingerprint density at radius 3 is 1.73 bits per heavy atom. The molecule has 146 valence electrons. The van der Waals surface area contributed by atoms with E-state index in [1.165, 1.54) is 11.8 Å². The van der Waals surface area contributed by atoms with Crippen molar-refractivity contribution in [2.24, 2.45) is 0 Å². The topological polar surface area (TPSA) is 89.9 Å². The van der Waals surface area contributed by atoms with Gasteiger partial charge in [-0.05, 0) is 13.8 Å². The van der Waals surface area contributed by atoms with E-state index in [1.54, 1.807) is 49.1 Å². The predicted octanol–water partition coefficient (Wildman–Crippen LogP) is 3.23. The lowest BCUT2D eigenvalue weighted by Crippen LogP contribution is -2.28. The van der Waals surface area contributed by atoms with Gasteiger partial charge in [0.05, 0.1) is 19.5 Å². The summed E-state index contributed by atoms with van der Waals surface area (Å²) in [6.07, 6.45) is 0. The van der Waals surface area contributed by atoms with Crippen LogP contribution < -0.4 is 0 Å². The van der Waals surface area contributed by atoms with Crippen molar-refractivity contribution in [1.82, 2.24) is 0 Å². The van der Waals surface area contributed by atoms with Crippen molar-refractivity contribution in [3.05, 3.63) is 24.3 Å². The van der Waals surface area contributed by atoms with Gasteiger partial charge in [-0.2, -0.15) is 0 Å². The van der Waals surface area contributed by atoms with Crippen LogP contribution in [0.2, 0.25) is 0 Å². The second-order valence-corrected chi connectivity index (χ2v) is 11.5. The maximum absolute atomic E-state index is 11.6. The molecule has 0 aromatic heterocycles. The Bertz CT molecular complexity index is 527. The summed E-state index contributed by atoms with van der Waals surface area (Å²) in [4.78, 5) is 33.9. The van der Waals surface area contributed by atoms with Gasteiger partial charge in [-0.1, -0.05) is 13.2 Å². The third-order valence-corrected chi connectivity index (χ3v) is 8.93. The molecule has 0 radical (unpaired) electrons. The van der Waals surface area contributed by atoms with E-state index in [0.29, 0.717) is 16.9 Å². The van der Waals surface area contributed by atoms with E-state index in [1.807, 2.05) is 0 Å². The van der Waals surface area contributed by atoms with E-state index in [4.69, 9.17) is 14.6 Å². The minimum absolute atomic E-state index is 0.0245. The summed E-state index contributed by atoms with van der Waals surface area (Å²) < 4.78 is 10.5. The first-order valence-corrected chi connectivity index (χ1v) is 11.6. The monoisotopic (exact) mass is 438 g/mol. The maximum Gasteiger partial charge on any atom is 0.333 e. The molecule has 0 saturated carbocycles. The number of rotatable bonds is 10. The highest BCUT2D eigenvalue weighted by Gasteiger charge is 2.32. The van der Waals surface area contributed by atoms with Gasteiger partial charge in [-0.3, -0.25) is 4.79 Å². The molecule has 1 N–H and O–H groups in total. The highest BCUT2D eigenvalue weighted by molar-refractivity contribution is 8.34. The molecule has 6 nitrogen and oxygen atoms in total. The van der Waals surface area contributed by atoms with Crippen LogP contribution in [0, 0.1) is 0 Å². The number of carboxylic acids is 1. The zero-order valence-electron chi connectivity index (χ0n) is 14.6. The van der Waals surface area contributed by atoms with Gasteiger partial charge in [0.2, 0.25) is 0 Å². The van der Waals surface area contributed by atoms with Gasteiger partial charge in [-0.25, -0.2) is 9.59 Å². The third-order valence-electron chi connectivity index (χ3n) is 2.79. The van der Waals surface area contributed by atoms with Crippen LogP contribution in [0.15, 0.2) is 24.3 Å². The van der Waals surface area contributed by atoms with E-state index in [-0.39, 0.29) is 32.7 Å². The van der Waals surface area contributed by atoms with E-state index in [9.17, 15) is 14.4 Å². The molecule has 0 spiro atoms. The molecular formula is C16H22O6S4. The molecule has 2 unspecified atom stereocenters. The van der Waals surface area contributed by atoms with Gasteiger partial charge in [0.15, 0.2) is 0 Å². The summed E-state index contributed by atoms with van der Waals surface area (Å²) in [5.41, 5.74) is 0.677. The quantitative estimate of drug-likeness (QED) is 0.405. The molecular weight excluding hydrogens is 416 g/mol. The highest BCUT2D eigenvalue weighted by atomic mass is 32.3. The minimum Gasteiger partial charge on any atom is -0.481 e. The Labute approximate surface area is 170 Å². The molecule has 10 heteroatoms. The van der Waals surface area contributed by atoms with Crippen molar-refractivity contribution in [2.75, 3.05) is 24.7 Å². The summed E-state index contributed by atoms with van der Waals surface area (Å²) in [6.45, 7) is 10.7. The van der Waals surface area contributed by atoms with Crippen LogP contribution in [0.3, 0.4) is 0 Å². The summed E-state index contributed by atoms with van der Waals surface area (Å²) in [6, 6.07) is 0. The summed E-state index contributed by atoms with van der Waals surface area (Å²) in [7, 11) is 0. The average molecular weight is 439 g/mol. The molecule has 1 saturated heterocycles. The second-order valence-electron chi connectivity index (χ2n) is 5.36. The Morgan fingerprint density at radius 2 is 1.35 bits per heavy atom. The first kappa shape index (κ1) is 23.3. The molecule has 0 aromatic rings. The molecule has 1 rings (SSSR count). The van der Waals surface area contributed by atoms with Gasteiger partial charge < -0.3 is 14.6 Å². The van der Waals surface area contributed by atoms with Crippen LogP contribution in [-0.4, -0.2) is 61.5 Å². The fourth-order valence-electron chi connectivity index (χ4n) is 1.62. The van der Waals surface area contributed by atoms with Crippen molar-refractivity contribution in [3.8, 4) is 0 Å². The molecule has 1 aliphatic heterocycles. The van der Waals surface area contributed by atoms with Crippen molar-refractivity contribution in [2.45, 2.75) is 27.6 Å². The summed E-state index contributed by atoms with van der Waals surface area (Å²) in [5, 5.41) is 8.77. The molecule has 1 heterocycles. The molecule has 0 amide bonds. The molecule has 0 bridgehead atoms. The number of esters is 2. The molecule has 26 heavy (non-hydrogen) atoms. The maximum atomic E-state index is 11.6. The number of aliphatic carboxylic acids is 1. The number of ether oxygens (including phenoxy) is 2. The molecule has 1 fully saturated rings. The van der Waals surface area contributed by atoms with Gasteiger partial charge in [0, 0.05) is 16.9 Å². The number of carbonyl (C=O) groups excluding carboxylic acids is 2. The zero-order chi connectivity index (χ0) is 19.7. The second kappa shape index (κ2) is 11.9. The number of carbonyl (C=O) groups is 3. The van der Waals surface area contributed by atoms with Crippen molar-refractivity contribution >= 4 is 65.0 Å². The lowest BCUT2D eigenvalue weighted by atomic mass is 10.4. The zero-order valence-corrected chi connectivity index (χ0v) is 17.9. The lowest BCUT2D eigenvalue weighted by Gasteiger charge is -2.33. The standard InChI is InChI=1S/C16H22O6S4/c1-9(2)15(19)21-5-12-24-13(6-22-16(20)10(3)4)26-14(25-12)8-23-7-11(17)18/h12-14H,1,3,5-8H2,2,4H3,(H,17,18). The van der Waals surface area contributed by atoms with E-state index in [0.717, 1.165) is 0 Å². The number of hydrogen-bond acceptors (Lipinski definition) is 9. The highest BCUT2D eigenvalue weighted by Crippen LogP contribution is 2.48. The van der Waals surface area contributed by atoms with Crippen LogP contribution in [0.5, 0.6) is 0 Å². The predicted molar refractivity (Wildman–Crippen MR) is 111 cm³/mol. The minimum atomic E-state index is -0.853. The first-order valence-electron chi connectivity index (χ1n) is 7.60. The van der Waals surface area contributed by atoms with Gasteiger partial charge in [0.25, 0.3) is 0 Å². The number of hydrogen-bond donors (Lipinski definition) is 1. The van der Waals surface area contributed by atoms with E-state index < -0.39 is 17.9 Å². The van der Waals surface area contributed by atoms with E-state index >= 15 is 0 Å². The summed E-state index contributed by atoms with van der Waals surface area (Å²) >= 11 is 6.16. The van der Waals surface area contributed by atoms with Gasteiger partial charge in [-0.15, -0.1) is 47.0 Å². The van der Waals surface area contributed by atoms with Crippen molar-refractivity contribution in [3.63, 3.8) is 0 Å². The Hall–Kier alpha value is -0.710. The molecule has 2 atom stereocenters. The van der Waals surface area contributed by atoms with E-state index in [2.05, 4.69) is 13.2 Å². The van der Waals surface area contributed by atoms with Crippen LogP contribution >= 0.6 is 47.0 Å². The van der Waals surface area contributed by atoms with Crippen molar-refractivity contribution in [1.29, 1.82) is 0 Å².